The van der Waals surface area contributed by atoms with Gasteiger partial charge in [0.15, 0.2) is 31.5 Å². The molecule has 0 spiro atoms. The number of ketones is 1. The molecule has 0 aromatic rings. The van der Waals surface area contributed by atoms with Crippen molar-refractivity contribution in [3.05, 3.63) is 11.6 Å². The van der Waals surface area contributed by atoms with Gasteiger partial charge in [0.05, 0.1) is 78.8 Å². The first kappa shape index (κ1) is 58.3. The molecular formula is C56H92O19. The zero-order valence-electron chi connectivity index (χ0n) is 46.9. The maximum Gasteiger partial charge on any atom is 0.161 e. The van der Waals surface area contributed by atoms with E-state index >= 15 is 0 Å². The first-order chi connectivity index (χ1) is 35.7. The third-order valence-corrected chi connectivity index (χ3v) is 20.1. The van der Waals surface area contributed by atoms with E-state index < -0.39 is 110 Å². The number of methoxy groups -OCH3 is 5. The smallest absolute Gasteiger partial charge is 0.161 e. The molecule has 75 heavy (non-hydrogen) atoms. The highest BCUT2D eigenvalue weighted by molar-refractivity contribution is 5.80. The molecule has 0 bridgehead atoms. The second kappa shape index (κ2) is 23.6. The molecule has 5 saturated heterocycles. The molecule has 0 aromatic heterocycles. The van der Waals surface area contributed by atoms with Crippen molar-refractivity contribution in [2.24, 2.45) is 28.6 Å². The lowest BCUT2D eigenvalue weighted by atomic mass is 9.45. The van der Waals surface area contributed by atoms with Crippen LogP contribution < -0.4 is 0 Å². The Balaban J connectivity index is 0.748. The topological polar surface area (TPSA) is 216 Å². The summed E-state index contributed by atoms with van der Waals surface area (Å²) < 4.78 is 94.7. The van der Waals surface area contributed by atoms with Crippen LogP contribution in [0.3, 0.4) is 0 Å². The van der Waals surface area contributed by atoms with Gasteiger partial charge in [-0.05, 0) is 104 Å². The molecule has 19 nitrogen and oxygen atoms in total. The number of carbonyl (C=O) groups is 1. The van der Waals surface area contributed by atoms with Gasteiger partial charge in [0.2, 0.25) is 0 Å². The highest BCUT2D eigenvalue weighted by Gasteiger charge is 2.70. The lowest BCUT2D eigenvalue weighted by Gasteiger charge is -2.62. The number of ether oxygens (including phenoxy) is 15. The van der Waals surface area contributed by atoms with E-state index in [4.69, 9.17) is 71.1 Å². The van der Waals surface area contributed by atoms with Crippen molar-refractivity contribution in [3.63, 3.8) is 0 Å². The number of Topliss-reactive ketones (excluding diaryl/α,β-unsaturated/α-hetero) is 1. The Kier molecular flexibility index (Phi) is 18.4. The van der Waals surface area contributed by atoms with Crippen molar-refractivity contribution >= 4 is 5.78 Å². The Morgan fingerprint density at radius 2 is 0.947 bits per heavy atom. The van der Waals surface area contributed by atoms with Crippen molar-refractivity contribution in [2.75, 3.05) is 35.5 Å². The van der Waals surface area contributed by atoms with Crippen molar-refractivity contribution in [1.82, 2.24) is 0 Å². The molecule has 0 unspecified atom stereocenters. The minimum absolute atomic E-state index is 0.00357. The molecule has 28 atom stereocenters. The molecule has 3 saturated carbocycles. The van der Waals surface area contributed by atoms with Crippen LogP contribution in [-0.2, 0) is 75.8 Å². The van der Waals surface area contributed by atoms with Crippen LogP contribution in [0.25, 0.3) is 0 Å². The Labute approximate surface area is 444 Å². The fraction of sp³-hybridized carbons (Fsp3) is 0.946. The van der Waals surface area contributed by atoms with Crippen LogP contribution in [0.2, 0.25) is 0 Å². The molecule has 5 aliphatic heterocycles. The summed E-state index contributed by atoms with van der Waals surface area (Å²) >= 11 is 0. The average Bonchev–Trinajstić information content (AvgIpc) is 3.69. The van der Waals surface area contributed by atoms with E-state index in [1.54, 1.807) is 49.4 Å². The summed E-state index contributed by atoms with van der Waals surface area (Å²) in [7, 11) is 8.23. The SMILES string of the molecule is CO[C@H]1C[C@H](O[C@H]2CC[C@@]3(C)C(=CC[C@@H]4[C@@H]3C[C@@H](O)[C@]3(C)[C@H](C(C)=O)CC[C@]43O)C2)O[C@H](C)[C@H]1O[C@H]1C[C@H](OC)[C@H](O[C@H]2C[C@@H](OC)[C@@H](O[C@H]3C[C@H](OC)[C@H](O[C@H]4C[C@@H](OC)[C@@H](O)[C@H](C)O4)[C@@H](C)O3)[C@H](C)O2)[C@@H](C)O1. The normalized spacial score (nSPS) is 52.3. The Hall–Kier alpha value is -1.31. The van der Waals surface area contributed by atoms with E-state index in [0.29, 0.717) is 51.4 Å². The number of aliphatic hydroxyl groups is 3. The molecule has 9 aliphatic rings. The van der Waals surface area contributed by atoms with Crippen molar-refractivity contribution in [2.45, 2.75) is 273 Å². The molecule has 0 aromatic carbocycles. The summed E-state index contributed by atoms with van der Waals surface area (Å²) in [4.78, 5) is 12.7. The number of aliphatic hydroxyl groups excluding tert-OH is 2. The Bertz CT molecular complexity index is 1940. The zero-order valence-corrected chi connectivity index (χ0v) is 46.9. The molecular weight excluding hydrogens is 977 g/mol. The van der Waals surface area contributed by atoms with Crippen LogP contribution in [0.15, 0.2) is 11.6 Å². The number of hydrogen-bond acceptors (Lipinski definition) is 19. The zero-order chi connectivity index (χ0) is 53.9. The van der Waals surface area contributed by atoms with Crippen molar-refractivity contribution in [1.29, 1.82) is 0 Å². The van der Waals surface area contributed by atoms with Crippen LogP contribution >= 0.6 is 0 Å². The monoisotopic (exact) mass is 1070 g/mol. The van der Waals surface area contributed by atoms with Gasteiger partial charge in [0.1, 0.15) is 36.3 Å². The first-order valence-corrected chi connectivity index (χ1v) is 28.2. The van der Waals surface area contributed by atoms with Crippen molar-refractivity contribution < 1.29 is 91.2 Å². The minimum Gasteiger partial charge on any atom is -0.392 e. The highest BCUT2D eigenvalue weighted by Crippen LogP contribution is 2.68. The maximum absolute atomic E-state index is 12.7. The van der Waals surface area contributed by atoms with Crippen molar-refractivity contribution in [3.8, 4) is 0 Å². The van der Waals surface area contributed by atoms with Gasteiger partial charge in [-0.25, -0.2) is 0 Å². The second-order valence-corrected chi connectivity index (χ2v) is 24.1. The number of carbonyl (C=O) groups excluding carboxylic acids is 1. The lowest BCUT2D eigenvalue weighted by Crippen LogP contribution is -2.66. The molecule has 3 N–H and O–H groups in total. The lowest BCUT2D eigenvalue weighted by molar-refractivity contribution is -0.352. The summed E-state index contributed by atoms with van der Waals surface area (Å²) in [5.74, 6) is -0.146. The quantitative estimate of drug-likeness (QED) is 0.168. The summed E-state index contributed by atoms with van der Waals surface area (Å²) in [6.45, 7) is 15.5. The fourth-order valence-corrected chi connectivity index (χ4v) is 15.6. The first-order valence-electron chi connectivity index (χ1n) is 28.2. The van der Waals surface area contributed by atoms with Gasteiger partial charge in [-0.3, -0.25) is 4.79 Å². The number of fused-ring (bicyclic) bond motifs is 5. The Morgan fingerprint density at radius 1 is 0.547 bits per heavy atom. The van der Waals surface area contributed by atoms with Crippen LogP contribution in [0.5, 0.6) is 0 Å². The predicted molar refractivity (Wildman–Crippen MR) is 268 cm³/mol. The van der Waals surface area contributed by atoms with Crippen LogP contribution in [0.1, 0.15) is 132 Å². The molecule has 19 heteroatoms. The van der Waals surface area contributed by atoms with Gasteiger partial charge in [-0.15, -0.1) is 0 Å². The van der Waals surface area contributed by atoms with Gasteiger partial charge in [-0.1, -0.05) is 25.5 Å². The van der Waals surface area contributed by atoms with Gasteiger partial charge in [0, 0.05) is 79.0 Å². The van der Waals surface area contributed by atoms with E-state index in [1.807, 2.05) is 34.6 Å². The number of rotatable bonds is 16. The molecule has 9 rings (SSSR count). The van der Waals surface area contributed by atoms with Crippen LogP contribution in [-0.4, -0.2) is 197 Å². The van der Waals surface area contributed by atoms with E-state index in [1.165, 1.54) is 5.57 Å². The summed E-state index contributed by atoms with van der Waals surface area (Å²) in [6.07, 6.45) is -0.933. The average molecular weight is 1070 g/mol. The molecule has 0 amide bonds. The van der Waals surface area contributed by atoms with Gasteiger partial charge >= 0.3 is 0 Å². The largest absolute Gasteiger partial charge is 0.392 e. The highest BCUT2D eigenvalue weighted by atomic mass is 16.8. The van der Waals surface area contributed by atoms with Gasteiger partial charge in [-0.2, -0.15) is 0 Å². The molecule has 0 radical (unpaired) electrons. The third-order valence-electron chi connectivity index (χ3n) is 20.1. The van der Waals surface area contributed by atoms with Crippen LogP contribution in [0, 0.1) is 28.6 Å². The molecule has 5 heterocycles. The van der Waals surface area contributed by atoms with Crippen LogP contribution in [0.4, 0.5) is 0 Å². The van der Waals surface area contributed by atoms with Gasteiger partial charge < -0.3 is 86.4 Å². The molecule has 430 valence electrons. The number of hydrogen-bond donors (Lipinski definition) is 3. The number of allylic oxidation sites excluding steroid dienone is 1. The van der Waals surface area contributed by atoms with E-state index in [-0.39, 0.29) is 65.6 Å². The molecule has 4 aliphatic carbocycles. The second-order valence-electron chi connectivity index (χ2n) is 24.1. The Morgan fingerprint density at radius 3 is 1.36 bits per heavy atom. The maximum atomic E-state index is 12.7. The standard InChI is InChI=1S/C56H92O19/c1-27(57)35-17-19-56(60)36-15-14-33-20-34(16-18-54(33,7)37(36)21-43(58)55(35,56)8)71-44-23-39(62-10)50(29(3)67-44)73-46-25-41(64-12)52(31(5)69-46)75-48-26-42(65-13)53(32(6)70-48)74-47-24-40(63-11)51(30(4)68-47)72-45-22-38(61-9)49(59)28(2)66-45/h14,28-32,34-53,58-60H,15-26H2,1-13H3/t28-,29+,30+,31+,32-,34-,35-,36+,37-,38+,39-,40-,41-,42+,43+,44-,45-,46-,47-,48-,49-,50+,51+,52+,53-,54-,55-,56-/m0/s1. The molecule has 8 fully saturated rings. The summed E-state index contributed by atoms with van der Waals surface area (Å²) in [5.41, 5.74) is -0.754. The van der Waals surface area contributed by atoms with Gasteiger partial charge in [0.25, 0.3) is 0 Å². The van der Waals surface area contributed by atoms with E-state index in [2.05, 4.69) is 13.0 Å². The predicted octanol–water partition coefficient (Wildman–Crippen LogP) is 5.28. The fourth-order valence-electron chi connectivity index (χ4n) is 15.6. The summed E-state index contributed by atoms with van der Waals surface area (Å²) in [6, 6.07) is 0. The third kappa shape index (κ3) is 11.1. The van der Waals surface area contributed by atoms with E-state index in [0.717, 1.165) is 25.7 Å². The summed E-state index contributed by atoms with van der Waals surface area (Å²) in [5, 5.41) is 34.6. The minimum atomic E-state index is -1.08. The van der Waals surface area contributed by atoms with E-state index in [9.17, 15) is 20.1 Å².